The number of hydrogen-bond acceptors (Lipinski definition) is 3. The fourth-order valence-corrected chi connectivity index (χ4v) is 3.92. The maximum Gasteiger partial charge on any atom is 0.307 e. The zero-order chi connectivity index (χ0) is 16.9. The van der Waals surface area contributed by atoms with E-state index in [9.17, 15) is 14.7 Å². The van der Waals surface area contributed by atoms with Crippen LogP contribution in [0.25, 0.3) is 0 Å². The van der Waals surface area contributed by atoms with Gasteiger partial charge in [0.05, 0.1) is 11.8 Å². The highest BCUT2D eigenvalue weighted by Crippen LogP contribution is 2.32. The number of carbonyl (C=O) groups excluding carboxylic acids is 1. The number of aliphatic carboxylic acids is 1. The predicted octanol–water partition coefficient (Wildman–Crippen LogP) is 2.22. The number of amides is 1. The molecule has 5 nitrogen and oxygen atoms in total. The molecular weight excluding hydrogens is 304 g/mol. The molecule has 0 spiro atoms. The van der Waals surface area contributed by atoms with Crippen LogP contribution < -0.4 is 0 Å². The van der Waals surface area contributed by atoms with Crippen molar-refractivity contribution in [1.29, 1.82) is 0 Å². The average Bonchev–Trinajstić information content (AvgIpc) is 2.62. The van der Waals surface area contributed by atoms with Crippen LogP contribution >= 0.6 is 0 Å². The van der Waals surface area contributed by atoms with Crippen molar-refractivity contribution in [3.63, 3.8) is 0 Å². The minimum absolute atomic E-state index is 0.0569. The Kier molecular flexibility index (Phi) is 5.51. The first kappa shape index (κ1) is 17.0. The second kappa shape index (κ2) is 7.79. The number of rotatable bonds is 4. The average molecular weight is 330 g/mol. The van der Waals surface area contributed by atoms with Gasteiger partial charge in [0.2, 0.25) is 5.91 Å². The van der Waals surface area contributed by atoms with Crippen molar-refractivity contribution >= 4 is 11.9 Å². The van der Waals surface area contributed by atoms with Crippen LogP contribution in [0.1, 0.15) is 31.2 Å². The van der Waals surface area contributed by atoms with Gasteiger partial charge in [-0.1, -0.05) is 43.2 Å². The summed E-state index contributed by atoms with van der Waals surface area (Å²) in [6.45, 7) is 4.02. The Morgan fingerprint density at radius 3 is 2.21 bits per heavy atom. The fraction of sp³-hybridized carbons (Fsp3) is 0.579. The van der Waals surface area contributed by atoms with E-state index in [-0.39, 0.29) is 11.8 Å². The molecule has 1 saturated heterocycles. The molecule has 5 heteroatoms. The monoisotopic (exact) mass is 330 g/mol. The van der Waals surface area contributed by atoms with Gasteiger partial charge < -0.3 is 10.0 Å². The van der Waals surface area contributed by atoms with Crippen molar-refractivity contribution in [3.8, 4) is 0 Å². The van der Waals surface area contributed by atoms with Crippen molar-refractivity contribution in [2.45, 2.75) is 32.2 Å². The lowest BCUT2D eigenvalue weighted by Crippen LogP contribution is -2.51. The van der Waals surface area contributed by atoms with Crippen LogP contribution in [0.3, 0.4) is 0 Å². The molecule has 2 atom stereocenters. The van der Waals surface area contributed by atoms with Crippen molar-refractivity contribution < 1.29 is 14.7 Å². The fourth-order valence-electron chi connectivity index (χ4n) is 3.92. The standard InChI is InChI=1S/C19H26N2O3/c22-18(16-8-4-5-9-17(16)19(23)24)21-12-10-20(11-13-21)14-15-6-2-1-3-7-15/h1-3,6-7,16-17H,4-5,8-14H2,(H,23,24)/t16-,17+/m1/s1. The van der Waals surface area contributed by atoms with Gasteiger partial charge in [0.1, 0.15) is 0 Å². The molecule has 24 heavy (non-hydrogen) atoms. The molecule has 3 rings (SSSR count). The first-order valence-corrected chi connectivity index (χ1v) is 8.93. The Morgan fingerprint density at radius 1 is 0.958 bits per heavy atom. The lowest BCUT2D eigenvalue weighted by atomic mass is 9.78. The summed E-state index contributed by atoms with van der Waals surface area (Å²) in [6.07, 6.45) is 3.25. The van der Waals surface area contributed by atoms with Gasteiger partial charge >= 0.3 is 5.97 Å². The van der Waals surface area contributed by atoms with Gasteiger partial charge in [-0.2, -0.15) is 0 Å². The molecule has 0 unspecified atom stereocenters. The second-order valence-corrected chi connectivity index (χ2v) is 6.92. The van der Waals surface area contributed by atoms with Crippen LogP contribution in [0, 0.1) is 11.8 Å². The molecule has 2 fully saturated rings. The van der Waals surface area contributed by atoms with Gasteiger partial charge in [-0.25, -0.2) is 0 Å². The summed E-state index contributed by atoms with van der Waals surface area (Å²) in [5.74, 6) is -1.57. The lowest BCUT2D eigenvalue weighted by Gasteiger charge is -2.38. The smallest absolute Gasteiger partial charge is 0.307 e. The summed E-state index contributed by atoms with van der Waals surface area (Å²) in [6, 6.07) is 10.4. The molecule has 1 N–H and O–H groups in total. The minimum Gasteiger partial charge on any atom is -0.481 e. The van der Waals surface area contributed by atoms with E-state index < -0.39 is 11.9 Å². The number of nitrogens with zero attached hydrogens (tertiary/aromatic N) is 2. The van der Waals surface area contributed by atoms with Gasteiger partial charge in [-0.05, 0) is 18.4 Å². The molecule has 0 radical (unpaired) electrons. The zero-order valence-electron chi connectivity index (χ0n) is 14.1. The highest BCUT2D eigenvalue weighted by Gasteiger charge is 2.38. The predicted molar refractivity (Wildman–Crippen MR) is 91.4 cm³/mol. The molecule has 1 aromatic rings. The van der Waals surface area contributed by atoms with E-state index in [2.05, 4.69) is 17.0 Å². The number of carboxylic acids is 1. The van der Waals surface area contributed by atoms with E-state index in [0.29, 0.717) is 19.5 Å². The summed E-state index contributed by atoms with van der Waals surface area (Å²) in [5, 5.41) is 9.38. The van der Waals surface area contributed by atoms with E-state index in [1.54, 1.807) is 0 Å². The number of piperazine rings is 1. The van der Waals surface area contributed by atoms with E-state index in [1.165, 1.54) is 5.56 Å². The number of carboxylic acid groups (broad SMARTS) is 1. The normalized spacial score (nSPS) is 25.4. The maximum atomic E-state index is 12.8. The van der Waals surface area contributed by atoms with E-state index in [1.807, 2.05) is 23.1 Å². The topological polar surface area (TPSA) is 60.9 Å². The van der Waals surface area contributed by atoms with Crippen molar-refractivity contribution in [2.75, 3.05) is 26.2 Å². The highest BCUT2D eigenvalue weighted by atomic mass is 16.4. The van der Waals surface area contributed by atoms with Gasteiger partial charge in [-0.15, -0.1) is 0 Å². The quantitative estimate of drug-likeness (QED) is 0.919. The molecule has 0 bridgehead atoms. The molecule has 1 aliphatic carbocycles. The Morgan fingerprint density at radius 2 is 1.58 bits per heavy atom. The van der Waals surface area contributed by atoms with Crippen molar-refractivity contribution in [1.82, 2.24) is 9.80 Å². The van der Waals surface area contributed by atoms with Crippen LogP contribution in [0.15, 0.2) is 30.3 Å². The van der Waals surface area contributed by atoms with Crippen LogP contribution in [0.2, 0.25) is 0 Å². The van der Waals surface area contributed by atoms with Gasteiger partial charge in [0, 0.05) is 32.7 Å². The highest BCUT2D eigenvalue weighted by molar-refractivity contribution is 5.85. The van der Waals surface area contributed by atoms with Crippen LogP contribution in [0.4, 0.5) is 0 Å². The first-order chi connectivity index (χ1) is 11.6. The third-order valence-electron chi connectivity index (χ3n) is 5.33. The first-order valence-electron chi connectivity index (χ1n) is 8.93. The minimum atomic E-state index is -0.809. The van der Waals surface area contributed by atoms with Crippen LogP contribution in [-0.4, -0.2) is 53.0 Å². The third-order valence-corrected chi connectivity index (χ3v) is 5.33. The second-order valence-electron chi connectivity index (χ2n) is 6.92. The number of carbonyl (C=O) groups is 2. The van der Waals surface area contributed by atoms with Crippen LogP contribution in [0.5, 0.6) is 0 Å². The van der Waals surface area contributed by atoms with Crippen LogP contribution in [-0.2, 0) is 16.1 Å². The maximum absolute atomic E-state index is 12.8. The third kappa shape index (κ3) is 3.96. The molecule has 130 valence electrons. The van der Waals surface area contributed by atoms with Crippen molar-refractivity contribution in [3.05, 3.63) is 35.9 Å². The molecule has 1 aromatic carbocycles. The van der Waals surface area contributed by atoms with E-state index in [4.69, 9.17) is 0 Å². The SMILES string of the molecule is O=C(O)[C@H]1CCCC[C@H]1C(=O)N1CCN(Cc2ccccc2)CC1. The van der Waals surface area contributed by atoms with E-state index in [0.717, 1.165) is 38.9 Å². The largest absolute Gasteiger partial charge is 0.481 e. The summed E-state index contributed by atoms with van der Waals surface area (Å²) in [5.41, 5.74) is 1.29. The Hall–Kier alpha value is -1.88. The molecule has 0 aromatic heterocycles. The molecule has 1 amide bonds. The van der Waals surface area contributed by atoms with Crippen molar-refractivity contribution in [2.24, 2.45) is 11.8 Å². The number of hydrogen-bond donors (Lipinski definition) is 1. The number of benzene rings is 1. The summed E-state index contributed by atoms with van der Waals surface area (Å²) in [4.78, 5) is 28.4. The molecule has 1 saturated carbocycles. The molecule has 1 aliphatic heterocycles. The summed E-state index contributed by atoms with van der Waals surface area (Å²) >= 11 is 0. The lowest BCUT2D eigenvalue weighted by molar-refractivity contribution is -0.153. The summed E-state index contributed by atoms with van der Waals surface area (Å²) < 4.78 is 0. The van der Waals surface area contributed by atoms with Gasteiger partial charge in [-0.3, -0.25) is 14.5 Å². The van der Waals surface area contributed by atoms with Gasteiger partial charge in [0.25, 0.3) is 0 Å². The Balaban J connectivity index is 1.54. The van der Waals surface area contributed by atoms with E-state index >= 15 is 0 Å². The molecule has 2 aliphatic rings. The van der Waals surface area contributed by atoms with Gasteiger partial charge in [0.15, 0.2) is 0 Å². The molecule has 1 heterocycles. The Labute approximate surface area is 143 Å². The zero-order valence-corrected chi connectivity index (χ0v) is 14.1. The molecular formula is C19H26N2O3. The summed E-state index contributed by atoms with van der Waals surface area (Å²) in [7, 11) is 0. The Bertz CT molecular complexity index is 567.